The van der Waals surface area contributed by atoms with E-state index in [9.17, 15) is 4.79 Å². The number of ether oxygens (including phenoxy) is 1. The molecule has 8 heteroatoms. The van der Waals surface area contributed by atoms with E-state index in [0.717, 1.165) is 28.5 Å². The molecule has 24 heavy (non-hydrogen) atoms. The number of carbonyl (C=O) groups excluding carboxylic acids is 1. The molecule has 2 aromatic rings. The zero-order valence-corrected chi connectivity index (χ0v) is 14.5. The molecular weight excluding hydrogens is 344 g/mol. The third-order valence-corrected chi connectivity index (χ3v) is 5.72. The van der Waals surface area contributed by atoms with E-state index < -0.39 is 0 Å². The maximum absolute atomic E-state index is 12.2. The molecule has 0 bridgehead atoms. The van der Waals surface area contributed by atoms with Gasteiger partial charge in [-0.05, 0) is 30.5 Å². The Kier molecular flexibility index (Phi) is 5.80. The van der Waals surface area contributed by atoms with Gasteiger partial charge in [-0.2, -0.15) is 5.26 Å². The van der Waals surface area contributed by atoms with E-state index in [1.165, 1.54) is 11.3 Å². The monoisotopic (exact) mass is 360 g/mol. The minimum absolute atomic E-state index is 0.00177. The highest BCUT2D eigenvalue weighted by atomic mass is 32.2. The van der Waals surface area contributed by atoms with Crippen molar-refractivity contribution in [3.05, 3.63) is 35.4 Å². The van der Waals surface area contributed by atoms with Gasteiger partial charge in [-0.25, -0.2) is 0 Å². The molecule has 1 N–H and O–H groups in total. The van der Waals surface area contributed by atoms with Crippen LogP contribution in [0.15, 0.2) is 28.6 Å². The molecule has 1 fully saturated rings. The maximum atomic E-state index is 12.2. The molecule has 3 rings (SSSR count). The summed E-state index contributed by atoms with van der Waals surface area (Å²) in [6.45, 7) is 1.28. The first-order valence-corrected chi connectivity index (χ1v) is 9.39. The fourth-order valence-corrected chi connectivity index (χ4v) is 4.02. The summed E-state index contributed by atoms with van der Waals surface area (Å²) < 4.78 is 6.07. The Hall–Kier alpha value is -1.95. The van der Waals surface area contributed by atoms with Gasteiger partial charge in [0.15, 0.2) is 4.34 Å². The zero-order valence-electron chi connectivity index (χ0n) is 12.9. The lowest BCUT2D eigenvalue weighted by Gasteiger charge is -2.20. The summed E-state index contributed by atoms with van der Waals surface area (Å²) >= 11 is 2.94. The predicted octanol–water partition coefficient (Wildman–Crippen LogP) is 3.07. The van der Waals surface area contributed by atoms with Crippen LogP contribution in [-0.4, -0.2) is 29.3 Å². The van der Waals surface area contributed by atoms with Crippen molar-refractivity contribution < 1.29 is 9.53 Å². The summed E-state index contributed by atoms with van der Waals surface area (Å²) in [5.41, 5.74) is 1.76. The summed E-state index contributed by atoms with van der Waals surface area (Å²) in [6, 6.07) is 9.57. The number of rotatable bonds is 5. The Morgan fingerprint density at radius 1 is 1.33 bits per heavy atom. The van der Waals surface area contributed by atoms with E-state index in [4.69, 9.17) is 10.00 Å². The third-order valence-electron chi connectivity index (χ3n) is 3.67. The number of carbonyl (C=O) groups is 1. The second-order valence-electron chi connectivity index (χ2n) is 5.35. The molecule has 1 aliphatic rings. The average molecular weight is 360 g/mol. The Balaban J connectivity index is 1.51. The number of nitriles is 1. The molecule has 1 aliphatic heterocycles. The molecular formula is C16H16N4O2S2. The first kappa shape index (κ1) is 16.9. The molecule has 1 amide bonds. The summed E-state index contributed by atoms with van der Waals surface area (Å²) in [6.07, 6.45) is 1.51. The standard InChI is InChI=1S/C16H16N4O2S2/c17-9-11-1-3-12(4-2-11)10-23-16-20-19-15(24-16)18-14(21)13-5-7-22-8-6-13/h1-4,13H,5-8,10H2,(H,18,19,21). The fourth-order valence-electron chi connectivity index (χ4n) is 2.31. The second kappa shape index (κ2) is 8.24. The van der Waals surface area contributed by atoms with E-state index in [1.807, 2.05) is 12.1 Å². The van der Waals surface area contributed by atoms with Crippen LogP contribution in [0.4, 0.5) is 5.13 Å². The van der Waals surface area contributed by atoms with Gasteiger partial charge in [0.2, 0.25) is 11.0 Å². The molecule has 2 heterocycles. The molecule has 0 saturated carbocycles. The number of thioether (sulfide) groups is 1. The average Bonchev–Trinajstić information content (AvgIpc) is 3.08. The minimum Gasteiger partial charge on any atom is -0.381 e. The molecule has 6 nitrogen and oxygen atoms in total. The highest BCUT2D eigenvalue weighted by molar-refractivity contribution is 8.00. The Morgan fingerprint density at radius 2 is 2.08 bits per heavy atom. The number of hydrogen-bond acceptors (Lipinski definition) is 7. The zero-order chi connectivity index (χ0) is 16.8. The van der Waals surface area contributed by atoms with Gasteiger partial charge >= 0.3 is 0 Å². The van der Waals surface area contributed by atoms with E-state index >= 15 is 0 Å². The fraction of sp³-hybridized carbons (Fsp3) is 0.375. The van der Waals surface area contributed by atoms with E-state index in [1.54, 1.807) is 23.9 Å². The molecule has 1 aromatic heterocycles. The van der Waals surface area contributed by atoms with Crippen molar-refractivity contribution in [1.29, 1.82) is 5.26 Å². The summed E-state index contributed by atoms with van der Waals surface area (Å²) in [7, 11) is 0. The van der Waals surface area contributed by atoms with Crippen molar-refractivity contribution in [2.45, 2.75) is 22.9 Å². The third kappa shape index (κ3) is 4.54. The first-order valence-electron chi connectivity index (χ1n) is 7.58. The molecule has 124 valence electrons. The van der Waals surface area contributed by atoms with Crippen LogP contribution in [0.2, 0.25) is 0 Å². The summed E-state index contributed by atoms with van der Waals surface area (Å²) in [4.78, 5) is 12.2. The minimum atomic E-state index is -0.00241. The molecule has 0 spiro atoms. The molecule has 0 atom stereocenters. The number of hydrogen-bond donors (Lipinski definition) is 1. The number of nitrogens with one attached hydrogen (secondary N) is 1. The van der Waals surface area contributed by atoms with Gasteiger partial charge in [-0.3, -0.25) is 4.79 Å². The van der Waals surface area contributed by atoms with E-state index in [2.05, 4.69) is 21.6 Å². The van der Waals surface area contributed by atoms with Crippen molar-refractivity contribution in [2.75, 3.05) is 18.5 Å². The predicted molar refractivity (Wildman–Crippen MR) is 92.8 cm³/mol. The Morgan fingerprint density at radius 3 is 2.79 bits per heavy atom. The van der Waals surface area contributed by atoms with Gasteiger partial charge in [0.1, 0.15) is 0 Å². The largest absolute Gasteiger partial charge is 0.381 e. The van der Waals surface area contributed by atoms with Crippen molar-refractivity contribution in [2.24, 2.45) is 5.92 Å². The van der Waals surface area contributed by atoms with Crippen LogP contribution in [-0.2, 0) is 15.3 Å². The van der Waals surface area contributed by atoms with Gasteiger partial charge in [0.25, 0.3) is 0 Å². The van der Waals surface area contributed by atoms with Crippen LogP contribution in [0.3, 0.4) is 0 Å². The molecule has 0 unspecified atom stereocenters. The van der Waals surface area contributed by atoms with Crippen molar-refractivity contribution >= 4 is 34.1 Å². The quantitative estimate of drug-likeness (QED) is 0.651. The first-order chi connectivity index (χ1) is 11.7. The van der Waals surface area contributed by atoms with Gasteiger partial charge in [-0.15, -0.1) is 10.2 Å². The van der Waals surface area contributed by atoms with Gasteiger partial charge in [-0.1, -0.05) is 35.2 Å². The normalized spacial score (nSPS) is 15.0. The summed E-state index contributed by atoms with van der Waals surface area (Å²) in [5, 5.41) is 20.3. The Labute approximate surface area is 148 Å². The van der Waals surface area contributed by atoms with Crippen LogP contribution in [0, 0.1) is 17.2 Å². The van der Waals surface area contributed by atoms with Crippen LogP contribution in [0.1, 0.15) is 24.0 Å². The number of amides is 1. The van der Waals surface area contributed by atoms with E-state index in [0.29, 0.717) is 23.9 Å². The van der Waals surface area contributed by atoms with Crippen molar-refractivity contribution in [3.63, 3.8) is 0 Å². The van der Waals surface area contributed by atoms with Crippen LogP contribution in [0.25, 0.3) is 0 Å². The van der Waals surface area contributed by atoms with Gasteiger partial charge < -0.3 is 10.1 Å². The maximum Gasteiger partial charge on any atom is 0.229 e. The SMILES string of the molecule is N#Cc1ccc(CSc2nnc(NC(=O)C3CCOCC3)s2)cc1. The highest BCUT2D eigenvalue weighted by Gasteiger charge is 2.22. The summed E-state index contributed by atoms with van der Waals surface area (Å²) in [5.74, 6) is 0.740. The topological polar surface area (TPSA) is 87.9 Å². The highest BCUT2D eigenvalue weighted by Crippen LogP contribution is 2.29. The van der Waals surface area contributed by atoms with Crippen molar-refractivity contribution in [3.8, 4) is 6.07 Å². The van der Waals surface area contributed by atoms with E-state index in [-0.39, 0.29) is 11.8 Å². The van der Waals surface area contributed by atoms with Crippen molar-refractivity contribution in [1.82, 2.24) is 10.2 Å². The lowest BCUT2D eigenvalue weighted by Crippen LogP contribution is -2.28. The smallest absolute Gasteiger partial charge is 0.229 e. The van der Waals surface area contributed by atoms with Gasteiger partial charge in [0, 0.05) is 24.9 Å². The second-order valence-corrected chi connectivity index (χ2v) is 7.55. The lowest BCUT2D eigenvalue weighted by molar-refractivity contribution is -0.122. The number of nitrogens with zero attached hydrogens (tertiary/aromatic N) is 3. The van der Waals surface area contributed by atoms with Crippen LogP contribution >= 0.6 is 23.1 Å². The molecule has 0 radical (unpaired) electrons. The van der Waals surface area contributed by atoms with Crippen LogP contribution < -0.4 is 5.32 Å². The van der Waals surface area contributed by atoms with Crippen LogP contribution in [0.5, 0.6) is 0 Å². The molecule has 1 aromatic carbocycles. The van der Waals surface area contributed by atoms with Gasteiger partial charge in [0.05, 0.1) is 11.6 Å². The number of anilines is 1. The molecule has 0 aliphatic carbocycles. The number of benzene rings is 1. The number of aromatic nitrogens is 2. The molecule has 1 saturated heterocycles. The Bertz CT molecular complexity index is 733. The lowest BCUT2D eigenvalue weighted by atomic mass is 10.00.